The Morgan fingerprint density at radius 1 is 1.38 bits per heavy atom. The van der Waals surface area contributed by atoms with Crippen molar-refractivity contribution in [2.45, 2.75) is 25.6 Å². The van der Waals surface area contributed by atoms with Crippen molar-refractivity contribution < 1.29 is 27.9 Å². The van der Waals surface area contributed by atoms with Crippen LogP contribution in [-0.2, 0) is 11.0 Å². The highest BCUT2D eigenvalue weighted by molar-refractivity contribution is 5.96. The van der Waals surface area contributed by atoms with E-state index >= 15 is 0 Å². The lowest BCUT2D eigenvalue weighted by atomic mass is 10.1. The summed E-state index contributed by atoms with van der Waals surface area (Å²) in [5.41, 5.74) is -1.20. The quantitative estimate of drug-likeness (QED) is 0.822. The summed E-state index contributed by atoms with van der Waals surface area (Å²) in [7, 11) is 0. The molecule has 7 heteroatoms. The van der Waals surface area contributed by atoms with Gasteiger partial charge in [0, 0.05) is 5.56 Å². The van der Waals surface area contributed by atoms with E-state index in [9.17, 15) is 22.8 Å². The van der Waals surface area contributed by atoms with Crippen LogP contribution < -0.4 is 5.32 Å². The lowest BCUT2D eigenvalue weighted by molar-refractivity contribution is -0.139. The van der Waals surface area contributed by atoms with Crippen LogP contribution in [0.25, 0.3) is 0 Å². The van der Waals surface area contributed by atoms with Crippen molar-refractivity contribution in [2.24, 2.45) is 0 Å². The second kappa shape index (κ2) is 6.92. The number of benzene rings is 1. The number of halogens is 3. The van der Waals surface area contributed by atoms with Crippen LogP contribution in [0.15, 0.2) is 36.4 Å². The number of carbonyl (C=O) groups excluding carboxylic acids is 1. The number of alkyl halides is 3. The van der Waals surface area contributed by atoms with Gasteiger partial charge >= 0.3 is 12.1 Å². The summed E-state index contributed by atoms with van der Waals surface area (Å²) < 4.78 is 37.7. The fraction of sp³-hybridized carbons (Fsp3) is 0.286. The lowest BCUT2D eigenvalue weighted by Gasteiger charge is -2.13. The Balaban J connectivity index is 2.90. The SMILES string of the molecule is C/C=C/CC(NC(=O)c1cccc(C(F)(F)F)c1)C(=O)O. The Kier molecular flexibility index (Phi) is 5.52. The number of carboxylic acids is 1. The molecule has 21 heavy (non-hydrogen) atoms. The number of hydrogen-bond donors (Lipinski definition) is 2. The molecule has 0 aliphatic heterocycles. The number of amides is 1. The molecule has 1 amide bonds. The number of carboxylic acid groups (broad SMARTS) is 1. The molecule has 0 aliphatic carbocycles. The molecule has 0 aliphatic rings. The minimum atomic E-state index is -4.56. The van der Waals surface area contributed by atoms with Crippen molar-refractivity contribution in [3.63, 3.8) is 0 Å². The van der Waals surface area contributed by atoms with Crippen LogP contribution >= 0.6 is 0 Å². The van der Waals surface area contributed by atoms with Gasteiger partial charge in [0.2, 0.25) is 0 Å². The van der Waals surface area contributed by atoms with Gasteiger partial charge in [0.15, 0.2) is 0 Å². The van der Waals surface area contributed by atoms with Crippen molar-refractivity contribution in [3.8, 4) is 0 Å². The summed E-state index contributed by atoms with van der Waals surface area (Å²) in [4.78, 5) is 22.8. The number of hydrogen-bond acceptors (Lipinski definition) is 2. The van der Waals surface area contributed by atoms with E-state index in [2.05, 4.69) is 5.32 Å². The second-order valence-corrected chi connectivity index (χ2v) is 4.25. The zero-order valence-electron chi connectivity index (χ0n) is 11.1. The molecule has 0 bridgehead atoms. The number of aliphatic carboxylic acids is 1. The van der Waals surface area contributed by atoms with Gasteiger partial charge in [-0.1, -0.05) is 18.2 Å². The first-order valence-electron chi connectivity index (χ1n) is 6.07. The Morgan fingerprint density at radius 2 is 2.05 bits per heavy atom. The molecule has 0 radical (unpaired) electrons. The van der Waals surface area contributed by atoms with E-state index in [-0.39, 0.29) is 12.0 Å². The summed E-state index contributed by atoms with van der Waals surface area (Å²) >= 11 is 0. The van der Waals surface area contributed by atoms with E-state index in [0.29, 0.717) is 6.07 Å². The van der Waals surface area contributed by atoms with E-state index in [1.54, 1.807) is 19.1 Å². The molecule has 0 saturated heterocycles. The zero-order chi connectivity index (χ0) is 16.0. The van der Waals surface area contributed by atoms with Crippen molar-refractivity contribution in [3.05, 3.63) is 47.5 Å². The molecule has 1 aromatic rings. The van der Waals surface area contributed by atoms with Gasteiger partial charge in [-0.3, -0.25) is 4.79 Å². The summed E-state index contributed by atoms with van der Waals surface area (Å²) in [5.74, 6) is -2.12. The fourth-order valence-corrected chi connectivity index (χ4v) is 1.57. The molecule has 0 aromatic heterocycles. The molecule has 1 rings (SSSR count). The molecule has 1 atom stereocenters. The third-order valence-corrected chi connectivity index (χ3v) is 2.66. The Morgan fingerprint density at radius 3 is 2.57 bits per heavy atom. The molecular formula is C14H14F3NO3. The van der Waals surface area contributed by atoms with E-state index in [1.165, 1.54) is 6.07 Å². The van der Waals surface area contributed by atoms with Crippen LogP contribution in [0, 0.1) is 0 Å². The van der Waals surface area contributed by atoms with Gasteiger partial charge in [0.1, 0.15) is 6.04 Å². The van der Waals surface area contributed by atoms with Crippen LogP contribution in [0.4, 0.5) is 13.2 Å². The third-order valence-electron chi connectivity index (χ3n) is 2.66. The van der Waals surface area contributed by atoms with Gasteiger partial charge in [-0.25, -0.2) is 4.79 Å². The highest BCUT2D eigenvalue weighted by Crippen LogP contribution is 2.29. The monoisotopic (exact) mass is 301 g/mol. The molecule has 1 aromatic carbocycles. The van der Waals surface area contributed by atoms with E-state index in [1.807, 2.05) is 0 Å². The van der Waals surface area contributed by atoms with Crippen LogP contribution in [0.3, 0.4) is 0 Å². The maximum absolute atomic E-state index is 12.6. The average Bonchev–Trinajstić information content (AvgIpc) is 2.42. The number of nitrogens with one attached hydrogen (secondary N) is 1. The number of carbonyl (C=O) groups is 2. The van der Waals surface area contributed by atoms with Crippen molar-refractivity contribution in [1.82, 2.24) is 5.32 Å². The van der Waals surface area contributed by atoms with Gasteiger partial charge in [-0.05, 0) is 31.5 Å². The third kappa shape index (κ3) is 4.94. The molecule has 0 fully saturated rings. The van der Waals surface area contributed by atoms with Crippen molar-refractivity contribution in [1.29, 1.82) is 0 Å². The summed E-state index contributed by atoms with van der Waals surface area (Å²) in [6.45, 7) is 1.69. The van der Waals surface area contributed by atoms with E-state index in [0.717, 1.165) is 12.1 Å². The largest absolute Gasteiger partial charge is 0.480 e. The van der Waals surface area contributed by atoms with Gasteiger partial charge < -0.3 is 10.4 Å². The standard InChI is InChI=1S/C14H14F3NO3/c1-2-3-7-11(13(20)21)18-12(19)9-5-4-6-10(8-9)14(15,16)17/h2-6,8,11H,7H2,1H3,(H,18,19)(H,20,21)/b3-2+. The molecule has 0 spiro atoms. The van der Waals surface area contributed by atoms with Gasteiger partial charge in [0.25, 0.3) is 5.91 Å². The molecule has 0 saturated carbocycles. The van der Waals surface area contributed by atoms with Crippen LogP contribution in [-0.4, -0.2) is 23.0 Å². The second-order valence-electron chi connectivity index (χ2n) is 4.25. The first-order valence-corrected chi connectivity index (χ1v) is 6.07. The topological polar surface area (TPSA) is 66.4 Å². The van der Waals surface area contributed by atoms with Gasteiger partial charge in [-0.2, -0.15) is 13.2 Å². The minimum absolute atomic E-state index is 0.0521. The maximum Gasteiger partial charge on any atom is 0.416 e. The molecular weight excluding hydrogens is 287 g/mol. The normalized spacial score (nSPS) is 13.1. The molecule has 2 N–H and O–H groups in total. The highest BCUT2D eigenvalue weighted by Gasteiger charge is 2.31. The minimum Gasteiger partial charge on any atom is -0.480 e. The van der Waals surface area contributed by atoms with Crippen LogP contribution in [0.5, 0.6) is 0 Å². The van der Waals surface area contributed by atoms with Gasteiger partial charge in [-0.15, -0.1) is 0 Å². The van der Waals surface area contributed by atoms with Gasteiger partial charge in [0.05, 0.1) is 5.56 Å². The van der Waals surface area contributed by atoms with E-state index < -0.39 is 29.7 Å². The maximum atomic E-state index is 12.6. The smallest absolute Gasteiger partial charge is 0.416 e. The van der Waals surface area contributed by atoms with E-state index in [4.69, 9.17) is 5.11 Å². The number of allylic oxidation sites excluding steroid dienone is 1. The lowest BCUT2D eigenvalue weighted by Crippen LogP contribution is -2.40. The Hall–Kier alpha value is -2.31. The first-order chi connectivity index (χ1) is 9.75. The summed E-state index contributed by atoms with van der Waals surface area (Å²) in [6, 6.07) is 2.62. The highest BCUT2D eigenvalue weighted by atomic mass is 19.4. The first kappa shape index (κ1) is 16.7. The molecule has 1 unspecified atom stereocenters. The fourth-order valence-electron chi connectivity index (χ4n) is 1.57. The molecule has 0 heterocycles. The average molecular weight is 301 g/mol. The van der Waals surface area contributed by atoms with Crippen molar-refractivity contribution in [2.75, 3.05) is 0 Å². The van der Waals surface area contributed by atoms with Crippen LogP contribution in [0.1, 0.15) is 29.3 Å². The summed E-state index contributed by atoms with van der Waals surface area (Å²) in [5, 5.41) is 11.1. The van der Waals surface area contributed by atoms with Crippen LogP contribution in [0.2, 0.25) is 0 Å². The zero-order valence-corrected chi connectivity index (χ0v) is 11.1. The molecule has 4 nitrogen and oxygen atoms in total. The Bertz CT molecular complexity index is 553. The molecule has 114 valence electrons. The van der Waals surface area contributed by atoms with Crippen molar-refractivity contribution >= 4 is 11.9 Å². The summed E-state index contributed by atoms with van der Waals surface area (Å²) in [6.07, 6.45) is -1.35. The predicted octanol–water partition coefficient (Wildman–Crippen LogP) is 2.85. The predicted molar refractivity (Wildman–Crippen MR) is 69.8 cm³/mol. The number of rotatable bonds is 5. The Labute approximate surface area is 119 Å².